The second-order valence-electron chi connectivity index (χ2n) is 4.67. The van der Waals surface area contributed by atoms with Crippen molar-refractivity contribution in [3.63, 3.8) is 0 Å². The molecule has 0 aromatic heterocycles. The molecule has 2 aromatic carbocycles. The number of halogens is 1. The van der Waals surface area contributed by atoms with E-state index in [0.717, 1.165) is 5.56 Å². The molecule has 0 radical (unpaired) electrons. The lowest BCUT2D eigenvalue weighted by atomic mass is 10.1. The second kappa shape index (κ2) is 6.12. The number of methoxy groups -OCH3 is 1. The Hall–Kier alpha value is -2.46. The van der Waals surface area contributed by atoms with Crippen LogP contribution >= 0.6 is 11.6 Å². The Balaban J connectivity index is 1.82. The molecule has 0 N–H and O–H groups in total. The summed E-state index contributed by atoms with van der Waals surface area (Å²) in [4.78, 5) is 12.2. The molecule has 3 rings (SSSR count). The molecule has 1 heterocycles. The molecule has 22 heavy (non-hydrogen) atoms. The number of hydrogen-bond donors (Lipinski definition) is 0. The average Bonchev–Trinajstić information content (AvgIpc) is 3.01. The summed E-state index contributed by atoms with van der Waals surface area (Å²) in [5.74, 6) is 1.65. The monoisotopic (exact) mass is 316 g/mol. The highest BCUT2D eigenvalue weighted by Gasteiger charge is 2.17. The molecule has 0 amide bonds. The van der Waals surface area contributed by atoms with Crippen LogP contribution in [0.1, 0.15) is 15.9 Å². The predicted octanol–water partition coefficient (Wildman–Crippen LogP) is 3.97. The molecule has 2 aromatic rings. The maximum Gasteiger partial charge on any atom is 0.231 e. The fourth-order valence-corrected chi connectivity index (χ4v) is 2.40. The number of fused-ring (bicyclic) bond motifs is 1. The number of carbonyl (C=O) groups excluding carboxylic acids is 1. The van der Waals surface area contributed by atoms with E-state index in [1.165, 1.54) is 6.08 Å². The van der Waals surface area contributed by atoms with Gasteiger partial charge in [-0.05, 0) is 35.9 Å². The lowest BCUT2D eigenvalue weighted by Gasteiger charge is -2.02. The van der Waals surface area contributed by atoms with Gasteiger partial charge < -0.3 is 14.2 Å². The topological polar surface area (TPSA) is 44.8 Å². The van der Waals surface area contributed by atoms with E-state index in [1.807, 2.05) is 0 Å². The molecule has 0 saturated heterocycles. The summed E-state index contributed by atoms with van der Waals surface area (Å²) in [6, 6.07) is 10.5. The Kier molecular flexibility index (Phi) is 4.02. The first-order chi connectivity index (χ1) is 10.7. The summed E-state index contributed by atoms with van der Waals surface area (Å²) in [5.41, 5.74) is 1.33. The molecule has 0 bridgehead atoms. The smallest absolute Gasteiger partial charge is 0.231 e. The number of hydrogen-bond acceptors (Lipinski definition) is 4. The molecular formula is C17H13ClO4. The van der Waals surface area contributed by atoms with E-state index in [9.17, 15) is 4.79 Å². The molecule has 0 fully saturated rings. The van der Waals surface area contributed by atoms with Gasteiger partial charge in [0.25, 0.3) is 0 Å². The van der Waals surface area contributed by atoms with E-state index in [1.54, 1.807) is 49.6 Å². The van der Waals surface area contributed by atoms with Gasteiger partial charge in [-0.1, -0.05) is 29.8 Å². The van der Waals surface area contributed by atoms with Gasteiger partial charge in [0.15, 0.2) is 17.3 Å². The van der Waals surface area contributed by atoms with E-state index >= 15 is 0 Å². The summed E-state index contributed by atoms with van der Waals surface area (Å²) < 4.78 is 15.7. The van der Waals surface area contributed by atoms with Crippen LogP contribution in [-0.4, -0.2) is 19.7 Å². The summed E-state index contributed by atoms with van der Waals surface area (Å²) in [7, 11) is 1.56. The number of carbonyl (C=O) groups is 1. The van der Waals surface area contributed by atoms with Crippen molar-refractivity contribution in [2.75, 3.05) is 13.9 Å². The first-order valence-electron chi connectivity index (χ1n) is 6.63. The van der Waals surface area contributed by atoms with E-state index in [2.05, 4.69) is 0 Å². The lowest BCUT2D eigenvalue weighted by Crippen LogP contribution is -1.94. The highest BCUT2D eigenvalue weighted by Crippen LogP contribution is 2.40. The maximum absolute atomic E-state index is 12.2. The van der Waals surface area contributed by atoms with Crippen molar-refractivity contribution in [2.45, 2.75) is 0 Å². The van der Waals surface area contributed by atoms with Gasteiger partial charge in [0.1, 0.15) is 5.75 Å². The summed E-state index contributed by atoms with van der Waals surface area (Å²) in [5, 5.41) is 0.462. The third kappa shape index (κ3) is 2.92. The van der Waals surface area contributed by atoms with Crippen molar-refractivity contribution in [1.29, 1.82) is 0 Å². The highest BCUT2D eigenvalue weighted by atomic mass is 35.5. The van der Waals surface area contributed by atoms with Gasteiger partial charge in [-0.3, -0.25) is 4.79 Å². The molecule has 0 atom stereocenters. The zero-order valence-electron chi connectivity index (χ0n) is 11.8. The van der Waals surface area contributed by atoms with Gasteiger partial charge in [0.05, 0.1) is 12.1 Å². The van der Waals surface area contributed by atoms with Crippen molar-refractivity contribution in [2.24, 2.45) is 0 Å². The minimum absolute atomic E-state index is 0.118. The van der Waals surface area contributed by atoms with Crippen molar-refractivity contribution in [3.05, 3.63) is 58.6 Å². The van der Waals surface area contributed by atoms with Gasteiger partial charge in [0, 0.05) is 5.56 Å². The fourth-order valence-electron chi connectivity index (χ4n) is 2.13. The number of rotatable bonds is 4. The Labute approximate surface area is 132 Å². The van der Waals surface area contributed by atoms with E-state index in [0.29, 0.717) is 27.8 Å². The summed E-state index contributed by atoms with van der Waals surface area (Å²) in [6.07, 6.45) is 3.18. The van der Waals surface area contributed by atoms with Gasteiger partial charge in [0.2, 0.25) is 6.79 Å². The van der Waals surface area contributed by atoms with Crippen molar-refractivity contribution >= 4 is 23.5 Å². The van der Waals surface area contributed by atoms with E-state index < -0.39 is 0 Å². The minimum Gasteiger partial charge on any atom is -0.497 e. The van der Waals surface area contributed by atoms with Crippen LogP contribution in [0.15, 0.2) is 42.5 Å². The van der Waals surface area contributed by atoms with Crippen molar-refractivity contribution in [1.82, 2.24) is 0 Å². The van der Waals surface area contributed by atoms with Crippen LogP contribution in [-0.2, 0) is 0 Å². The summed E-state index contributed by atoms with van der Waals surface area (Å²) in [6.45, 7) is 0.158. The van der Waals surface area contributed by atoms with Crippen LogP contribution < -0.4 is 14.2 Å². The average molecular weight is 317 g/mol. The second-order valence-corrected chi connectivity index (χ2v) is 5.07. The van der Waals surface area contributed by atoms with E-state index in [-0.39, 0.29) is 12.6 Å². The van der Waals surface area contributed by atoms with Gasteiger partial charge in [-0.25, -0.2) is 0 Å². The number of allylic oxidation sites excluding steroid dienone is 1. The first-order valence-corrected chi connectivity index (χ1v) is 7.01. The Morgan fingerprint density at radius 1 is 1.27 bits per heavy atom. The molecule has 1 aliphatic heterocycles. The fraction of sp³-hybridized carbons (Fsp3) is 0.118. The minimum atomic E-state index is -0.118. The standard InChI is InChI=1S/C17H13ClO4/c1-20-13-4-2-3-12(9-13)15(19)6-5-11-7-14(18)17-16(8-11)21-10-22-17/h2-9H,10H2,1H3/b6-5+. The molecule has 0 unspecified atom stereocenters. The Morgan fingerprint density at radius 3 is 2.95 bits per heavy atom. The Bertz CT molecular complexity index is 752. The Morgan fingerprint density at radius 2 is 2.14 bits per heavy atom. The zero-order valence-corrected chi connectivity index (χ0v) is 12.6. The number of benzene rings is 2. The van der Waals surface area contributed by atoms with Crippen LogP contribution in [0.3, 0.4) is 0 Å². The third-order valence-electron chi connectivity index (χ3n) is 3.23. The largest absolute Gasteiger partial charge is 0.497 e. The molecule has 5 heteroatoms. The van der Waals surface area contributed by atoms with Gasteiger partial charge in [-0.2, -0.15) is 0 Å². The van der Waals surface area contributed by atoms with Crippen molar-refractivity contribution in [3.8, 4) is 17.2 Å². The molecule has 0 saturated carbocycles. The van der Waals surface area contributed by atoms with Crippen LogP contribution in [0, 0.1) is 0 Å². The molecular weight excluding hydrogens is 304 g/mol. The molecule has 112 valence electrons. The maximum atomic E-state index is 12.2. The van der Waals surface area contributed by atoms with Crippen LogP contribution in [0.4, 0.5) is 0 Å². The van der Waals surface area contributed by atoms with Crippen LogP contribution in [0.2, 0.25) is 5.02 Å². The lowest BCUT2D eigenvalue weighted by molar-refractivity contribution is 0.104. The van der Waals surface area contributed by atoms with E-state index in [4.69, 9.17) is 25.8 Å². The zero-order chi connectivity index (χ0) is 15.5. The van der Waals surface area contributed by atoms with Crippen LogP contribution in [0.5, 0.6) is 17.2 Å². The number of ketones is 1. The van der Waals surface area contributed by atoms with Gasteiger partial charge >= 0.3 is 0 Å². The normalized spacial score (nSPS) is 12.6. The third-order valence-corrected chi connectivity index (χ3v) is 3.51. The molecule has 4 nitrogen and oxygen atoms in total. The summed E-state index contributed by atoms with van der Waals surface area (Å²) >= 11 is 6.11. The highest BCUT2D eigenvalue weighted by molar-refractivity contribution is 6.32. The number of ether oxygens (including phenoxy) is 3. The molecule has 0 spiro atoms. The van der Waals surface area contributed by atoms with Crippen molar-refractivity contribution < 1.29 is 19.0 Å². The van der Waals surface area contributed by atoms with Crippen LogP contribution in [0.25, 0.3) is 6.08 Å². The predicted molar refractivity (Wildman–Crippen MR) is 83.9 cm³/mol. The molecule has 0 aliphatic carbocycles. The molecule has 1 aliphatic rings. The first kappa shape index (κ1) is 14.5. The SMILES string of the molecule is COc1cccc(C(=O)/C=C/c2cc(Cl)c3c(c2)OCO3)c1. The quantitative estimate of drug-likeness (QED) is 0.632. The van der Waals surface area contributed by atoms with Gasteiger partial charge in [-0.15, -0.1) is 0 Å².